The molecule has 0 aliphatic heterocycles. The maximum Gasteiger partial charge on any atom is 0.309 e. The first-order chi connectivity index (χ1) is 9.59. The highest BCUT2D eigenvalue weighted by Gasteiger charge is 2.28. The Morgan fingerprint density at radius 2 is 1.65 bits per heavy atom. The van der Waals surface area contributed by atoms with Gasteiger partial charge >= 0.3 is 5.97 Å². The van der Waals surface area contributed by atoms with Crippen LogP contribution in [-0.4, -0.2) is 16.2 Å². The van der Waals surface area contributed by atoms with Crippen LogP contribution in [0.5, 0.6) is 0 Å². The summed E-state index contributed by atoms with van der Waals surface area (Å²) in [6.07, 6.45) is -0.756. The van der Waals surface area contributed by atoms with Gasteiger partial charge in [0.25, 0.3) is 0 Å². The molecule has 2 atom stereocenters. The highest BCUT2D eigenvalue weighted by Crippen LogP contribution is 2.28. The van der Waals surface area contributed by atoms with Crippen LogP contribution in [0.25, 0.3) is 0 Å². The number of rotatable bonds is 5. The summed E-state index contributed by atoms with van der Waals surface area (Å²) in [5.74, 6) is -1.88. The van der Waals surface area contributed by atoms with Crippen LogP contribution in [0.15, 0.2) is 59.1 Å². The number of hydrogen-bond donors (Lipinski definition) is 2. The molecule has 2 rings (SSSR count). The molecule has 0 aromatic heterocycles. The zero-order valence-corrected chi connectivity index (χ0v) is 12.3. The number of halogens is 1. The van der Waals surface area contributed by atoms with Gasteiger partial charge in [0, 0.05) is 4.47 Å². The summed E-state index contributed by atoms with van der Waals surface area (Å²) < 4.78 is 0.853. The third-order valence-corrected chi connectivity index (χ3v) is 4.01. The summed E-state index contributed by atoms with van der Waals surface area (Å²) in [7, 11) is 0. The van der Waals surface area contributed by atoms with Crippen LogP contribution in [0.4, 0.5) is 0 Å². The van der Waals surface area contributed by atoms with Crippen molar-refractivity contribution in [3.8, 4) is 0 Å². The summed E-state index contributed by atoms with van der Waals surface area (Å²) in [5.41, 5.74) is 1.49. The lowest BCUT2D eigenvalue weighted by Crippen LogP contribution is -2.24. The first kappa shape index (κ1) is 14.8. The third-order valence-electron chi connectivity index (χ3n) is 3.24. The van der Waals surface area contributed by atoms with Gasteiger partial charge in [0.05, 0.1) is 12.0 Å². The summed E-state index contributed by atoms with van der Waals surface area (Å²) >= 11 is 3.40. The Hall–Kier alpha value is -1.65. The van der Waals surface area contributed by atoms with Gasteiger partial charge in [-0.05, 0) is 23.6 Å². The minimum Gasteiger partial charge on any atom is -0.481 e. The van der Waals surface area contributed by atoms with E-state index in [-0.39, 0.29) is 6.42 Å². The summed E-state index contributed by atoms with van der Waals surface area (Å²) in [6, 6.07) is 16.3. The average Bonchev–Trinajstić information content (AvgIpc) is 2.46. The van der Waals surface area contributed by atoms with Gasteiger partial charge in [-0.1, -0.05) is 64.5 Å². The first-order valence-electron chi connectivity index (χ1n) is 6.29. The lowest BCUT2D eigenvalue weighted by atomic mass is 9.90. The predicted octanol–water partition coefficient (Wildman–Crippen LogP) is 3.43. The van der Waals surface area contributed by atoms with Crippen LogP contribution in [0.3, 0.4) is 0 Å². The van der Waals surface area contributed by atoms with E-state index in [0.29, 0.717) is 5.56 Å². The SMILES string of the molecule is O=C(O)[C@H](Cc1ccccc1Br)[C@@H](O)c1ccccc1. The van der Waals surface area contributed by atoms with Crippen molar-refractivity contribution in [2.24, 2.45) is 5.92 Å². The summed E-state index contributed by atoms with van der Waals surface area (Å²) in [5, 5.41) is 19.7. The highest BCUT2D eigenvalue weighted by atomic mass is 79.9. The molecule has 0 aliphatic rings. The van der Waals surface area contributed by atoms with Gasteiger partial charge in [-0.25, -0.2) is 0 Å². The number of carboxylic acids is 1. The fraction of sp³-hybridized carbons (Fsp3) is 0.188. The van der Waals surface area contributed by atoms with Gasteiger partial charge in [0.1, 0.15) is 0 Å². The molecule has 20 heavy (non-hydrogen) atoms. The van der Waals surface area contributed by atoms with Gasteiger partial charge in [0.15, 0.2) is 0 Å². The van der Waals surface area contributed by atoms with Crippen LogP contribution in [0.2, 0.25) is 0 Å². The normalized spacial score (nSPS) is 13.7. The van der Waals surface area contributed by atoms with Crippen molar-refractivity contribution < 1.29 is 15.0 Å². The Morgan fingerprint density at radius 3 is 2.25 bits per heavy atom. The van der Waals surface area contributed by atoms with Crippen LogP contribution >= 0.6 is 15.9 Å². The molecule has 0 spiro atoms. The van der Waals surface area contributed by atoms with Gasteiger partial charge in [0.2, 0.25) is 0 Å². The number of aliphatic carboxylic acids is 1. The Kier molecular flexibility index (Phi) is 4.93. The Bertz CT molecular complexity index is 583. The fourth-order valence-corrected chi connectivity index (χ4v) is 2.56. The molecule has 2 aromatic carbocycles. The number of carbonyl (C=O) groups is 1. The van der Waals surface area contributed by atoms with Crippen molar-refractivity contribution in [2.45, 2.75) is 12.5 Å². The molecule has 0 radical (unpaired) electrons. The van der Waals surface area contributed by atoms with Crippen LogP contribution in [-0.2, 0) is 11.2 Å². The van der Waals surface area contributed by atoms with E-state index in [0.717, 1.165) is 10.0 Å². The second kappa shape index (κ2) is 6.68. The molecule has 104 valence electrons. The van der Waals surface area contributed by atoms with Crippen LogP contribution < -0.4 is 0 Å². The Morgan fingerprint density at radius 1 is 1.05 bits per heavy atom. The van der Waals surface area contributed by atoms with E-state index in [1.165, 1.54) is 0 Å². The van der Waals surface area contributed by atoms with Gasteiger partial charge < -0.3 is 10.2 Å². The molecule has 2 aromatic rings. The molecule has 2 N–H and O–H groups in total. The quantitative estimate of drug-likeness (QED) is 0.880. The van der Waals surface area contributed by atoms with E-state index < -0.39 is 18.0 Å². The van der Waals surface area contributed by atoms with Gasteiger partial charge in [-0.3, -0.25) is 4.79 Å². The molecule has 0 amide bonds. The van der Waals surface area contributed by atoms with Crippen molar-refractivity contribution in [3.05, 3.63) is 70.2 Å². The molecule has 0 fully saturated rings. The zero-order chi connectivity index (χ0) is 14.5. The van der Waals surface area contributed by atoms with Crippen LogP contribution in [0.1, 0.15) is 17.2 Å². The van der Waals surface area contributed by atoms with E-state index >= 15 is 0 Å². The maximum absolute atomic E-state index is 11.5. The maximum atomic E-state index is 11.5. The molecule has 0 aliphatic carbocycles. The Labute approximate surface area is 126 Å². The second-order valence-electron chi connectivity index (χ2n) is 4.60. The van der Waals surface area contributed by atoms with E-state index in [2.05, 4.69) is 15.9 Å². The lowest BCUT2D eigenvalue weighted by molar-refractivity contribution is -0.145. The average molecular weight is 335 g/mol. The molecule has 0 heterocycles. The lowest BCUT2D eigenvalue weighted by Gasteiger charge is -2.20. The number of aliphatic hydroxyl groups is 1. The number of carboxylic acid groups (broad SMARTS) is 1. The van der Waals surface area contributed by atoms with Crippen molar-refractivity contribution in [1.82, 2.24) is 0 Å². The van der Waals surface area contributed by atoms with E-state index in [1.807, 2.05) is 30.3 Å². The highest BCUT2D eigenvalue weighted by molar-refractivity contribution is 9.10. The Balaban J connectivity index is 2.24. The smallest absolute Gasteiger partial charge is 0.309 e. The molecule has 0 saturated heterocycles. The molecule has 0 saturated carbocycles. The zero-order valence-electron chi connectivity index (χ0n) is 10.7. The first-order valence-corrected chi connectivity index (χ1v) is 7.08. The summed E-state index contributed by atoms with van der Waals surface area (Å²) in [6.45, 7) is 0. The van der Waals surface area contributed by atoms with E-state index in [1.54, 1.807) is 24.3 Å². The molecule has 0 bridgehead atoms. The van der Waals surface area contributed by atoms with Crippen molar-refractivity contribution in [3.63, 3.8) is 0 Å². The van der Waals surface area contributed by atoms with Crippen molar-refractivity contribution >= 4 is 21.9 Å². The largest absolute Gasteiger partial charge is 0.481 e. The van der Waals surface area contributed by atoms with Crippen molar-refractivity contribution in [1.29, 1.82) is 0 Å². The monoisotopic (exact) mass is 334 g/mol. The molecule has 0 unspecified atom stereocenters. The summed E-state index contributed by atoms with van der Waals surface area (Å²) in [4.78, 5) is 11.5. The number of hydrogen-bond acceptors (Lipinski definition) is 2. The standard InChI is InChI=1S/C16H15BrO3/c17-14-9-5-4-8-12(14)10-13(16(19)20)15(18)11-6-2-1-3-7-11/h1-9,13,15,18H,10H2,(H,19,20)/t13-,15+/m1/s1. The minimum absolute atomic E-state index is 0.271. The minimum atomic E-state index is -1.03. The van der Waals surface area contributed by atoms with Gasteiger partial charge in [-0.15, -0.1) is 0 Å². The number of aliphatic hydroxyl groups excluding tert-OH is 1. The second-order valence-corrected chi connectivity index (χ2v) is 5.45. The van der Waals surface area contributed by atoms with E-state index in [4.69, 9.17) is 0 Å². The third kappa shape index (κ3) is 3.46. The van der Waals surface area contributed by atoms with E-state index in [9.17, 15) is 15.0 Å². The molecular weight excluding hydrogens is 320 g/mol. The molecular formula is C16H15BrO3. The molecule has 4 heteroatoms. The topological polar surface area (TPSA) is 57.5 Å². The fourth-order valence-electron chi connectivity index (χ4n) is 2.12. The van der Waals surface area contributed by atoms with Crippen LogP contribution in [0, 0.1) is 5.92 Å². The van der Waals surface area contributed by atoms with Crippen molar-refractivity contribution in [2.75, 3.05) is 0 Å². The molecule has 3 nitrogen and oxygen atoms in total. The predicted molar refractivity (Wildman–Crippen MR) is 80.4 cm³/mol. The number of benzene rings is 2. The van der Waals surface area contributed by atoms with Gasteiger partial charge in [-0.2, -0.15) is 0 Å².